The number of halogens is 1. The molecule has 0 saturated carbocycles. The number of nitrogens with zero attached hydrogens (tertiary/aromatic N) is 1. The van der Waals surface area contributed by atoms with E-state index >= 15 is 0 Å². The standard InChI is InChI=1S/C17H11ClN2O2/c18-10-5-6-14-12(8-10)15(17(21)19-14)13-7-9-3-1-2-4-11(9)16(13)20-22/h1-6,8,19,21H,7H2. The van der Waals surface area contributed by atoms with E-state index in [1.165, 1.54) is 0 Å². The molecule has 1 aromatic heterocycles. The molecule has 0 bridgehead atoms. The molecular weight excluding hydrogens is 300 g/mol. The highest BCUT2D eigenvalue weighted by Gasteiger charge is 2.27. The molecule has 1 aliphatic carbocycles. The Kier molecular flexibility index (Phi) is 2.81. The molecule has 0 radical (unpaired) electrons. The van der Waals surface area contributed by atoms with Gasteiger partial charge in [0.15, 0.2) is 5.88 Å². The molecule has 1 aliphatic rings. The van der Waals surface area contributed by atoms with E-state index in [0.717, 1.165) is 27.6 Å². The van der Waals surface area contributed by atoms with Crippen molar-refractivity contribution in [2.75, 3.05) is 0 Å². The van der Waals surface area contributed by atoms with Gasteiger partial charge >= 0.3 is 0 Å². The van der Waals surface area contributed by atoms with Crippen LogP contribution in [0.5, 0.6) is 5.88 Å². The van der Waals surface area contributed by atoms with Gasteiger partial charge in [0.25, 0.3) is 0 Å². The minimum atomic E-state index is 0.0289. The predicted molar refractivity (Wildman–Crippen MR) is 87.7 cm³/mol. The lowest BCUT2D eigenvalue weighted by Crippen LogP contribution is -1.85. The van der Waals surface area contributed by atoms with Crippen LogP contribution in [0.15, 0.2) is 47.6 Å². The normalized spacial score (nSPS) is 13.7. The number of hydrogen-bond acceptors (Lipinski definition) is 3. The van der Waals surface area contributed by atoms with Gasteiger partial charge in [-0.2, -0.15) is 0 Å². The smallest absolute Gasteiger partial charge is 0.197 e. The Morgan fingerprint density at radius 2 is 2.00 bits per heavy atom. The summed E-state index contributed by atoms with van der Waals surface area (Å²) in [4.78, 5) is 14.3. The lowest BCUT2D eigenvalue weighted by molar-refractivity contribution is 0.457. The maximum Gasteiger partial charge on any atom is 0.197 e. The molecule has 2 N–H and O–H groups in total. The van der Waals surface area contributed by atoms with Crippen LogP contribution in [0.2, 0.25) is 5.02 Å². The van der Waals surface area contributed by atoms with Crippen LogP contribution in [0.4, 0.5) is 0 Å². The predicted octanol–water partition coefficient (Wildman–Crippen LogP) is 4.72. The highest BCUT2D eigenvalue weighted by Crippen LogP contribution is 2.44. The lowest BCUT2D eigenvalue weighted by Gasteiger charge is -2.02. The number of hydrogen-bond donors (Lipinski definition) is 2. The molecule has 4 nitrogen and oxygen atoms in total. The van der Waals surface area contributed by atoms with Gasteiger partial charge < -0.3 is 10.1 Å². The maximum absolute atomic E-state index is 11.4. The number of aromatic hydroxyl groups is 1. The number of H-pyrrole nitrogens is 1. The number of fused-ring (bicyclic) bond motifs is 2. The zero-order valence-corrected chi connectivity index (χ0v) is 12.2. The van der Waals surface area contributed by atoms with Crippen LogP contribution in [0.3, 0.4) is 0 Å². The van der Waals surface area contributed by atoms with Crippen molar-refractivity contribution in [3.05, 3.63) is 69.1 Å². The van der Waals surface area contributed by atoms with E-state index in [2.05, 4.69) is 10.2 Å². The van der Waals surface area contributed by atoms with Gasteiger partial charge in [-0.1, -0.05) is 35.9 Å². The van der Waals surface area contributed by atoms with E-state index in [1.54, 1.807) is 18.2 Å². The largest absolute Gasteiger partial charge is 0.494 e. The van der Waals surface area contributed by atoms with Crippen molar-refractivity contribution in [3.8, 4) is 5.88 Å². The van der Waals surface area contributed by atoms with E-state index in [9.17, 15) is 10.0 Å². The Labute approximate surface area is 131 Å². The average Bonchev–Trinajstić information content (AvgIpc) is 3.03. The monoisotopic (exact) mass is 310 g/mol. The van der Waals surface area contributed by atoms with Crippen LogP contribution < -0.4 is 0 Å². The van der Waals surface area contributed by atoms with Crippen LogP contribution in [0, 0.1) is 4.91 Å². The molecule has 4 rings (SSSR count). The molecule has 1 heterocycles. The number of rotatable bonds is 2. The summed E-state index contributed by atoms with van der Waals surface area (Å²) in [5.74, 6) is 0.0289. The third-order valence-electron chi connectivity index (χ3n) is 4.06. The van der Waals surface area contributed by atoms with Crippen molar-refractivity contribution < 1.29 is 5.11 Å². The summed E-state index contributed by atoms with van der Waals surface area (Å²) in [5, 5.41) is 14.9. The van der Waals surface area contributed by atoms with Crippen molar-refractivity contribution in [3.63, 3.8) is 0 Å². The SMILES string of the molecule is O=NC1=C(c2c(O)[nH]c3ccc(Cl)cc23)Cc2ccccc21. The number of aromatic nitrogens is 1. The van der Waals surface area contributed by atoms with Crippen LogP contribution in [-0.4, -0.2) is 10.1 Å². The van der Waals surface area contributed by atoms with Crippen LogP contribution in [0.1, 0.15) is 16.7 Å². The number of allylic oxidation sites excluding steroid dienone is 1. The Hall–Kier alpha value is -2.59. The van der Waals surface area contributed by atoms with Gasteiger partial charge in [0.2, 0.25) is 0 Å². The zero-order chi connectivity index (χ0) is 15.3. The van der Waals surface area contributed by atoms with Crippen molar-refractivity contribution >= 4 is 33.8 Å². The van der Waals surface area contributed by atoms with Gasteiger partial charge in [-0.05, 0) is 34.5 Å². The first-order chi connectivity index (χ1) is 10.7. The summed E-state index contributed by atoms with van der Waals surface area (Å²) in [5.41, 5.74) is 4.33. The van der Waals surface area contributed by atoms with Crippen LogP contribution in [-0.2, 0) is 6.42 Å². The molecule has 0 spiro atoms. The lowest BCUT2D eigenvalue weighted by atomic mass is 10.0. The molecule has 0 fully saturated rings. The molecule has 0 amide bonds. The van der Waals surface area contributed by atoms with Gasteiger partial charge in [0, 0.05) is 33.5 Å². The van der Waals surface area contributed by atoms with E-state index < -0.39 is 0 Å². The highest BCUT2D eigenvalue weighted by molar-refractivity contribution is 6.31. The average molecular weight is 311 g/mol. The second kappa shape index (κ2) is 4.71. The molecule has 0 atom stereocenters. The van der Waals surface area contributed by atoms with Crippen molar-refractivity contribution in [1.82, 2.24) is 4.98 Å². The first-order valence-corrected chi connectivity index (χ1v) is 7.22. The van der Waals surface area contributed by atoms with Crippen molar-refractivity contribution in [1.29, 1.82) is 0 Å². The number of nitrogens with one attached hydrogen (secondary N) is 1. The van der Waals surface area contributed by atoms with E-state index in [0.29, 0.717) is 22.7 Å². The van der Waals surface area contributed by atoms with Crippen molar-refractivity contribution in [2.24, 2.45) is 5.18 Å². The van der Waals surface area contributed by atoms with Crippen LogP contribution >= 0.6 is 11.6 Å². The summed E-state index contributed by atoms with van der Waals surface area (Å²) in [6.07, 6.45) is 0.560. The van der Waals surface area contributed by atoms with E-state index in [-0.39, 0.29) is 5.88 Å². The first-order valence-electron chi connectivity index (χ1n) is 6.84. The summed E-state index contributed by atoms with van der Waals surface area (Å²) < 4.78 is 0. The third kappa shape index (κ3) is 1.77. The van der Waals surface area contributed by atoms with Gasteiger partial charge in [-0.25, -0.2) is 0 Å². The summed E-state index contributed by atoms with van der Waals surface area (Å²) in [6.45, 7) is 0. The quantitative estimate of drug-likeness (QED) is 0.673. The van der Waals surface area contributed by atoms with Crippen LogP contribution in [0.25, 0.3) is 22.2 Å². The molecule has 2 aromatic carbocycles. The molecule has 3 aromatic rings. The summed E-state index contributed by atoms with van der Waals surface area (Å²) in [7, 11) is 0. The van der Waals surface area contributed by atoms with E-state index in [4.69, 9.17) is 11.6 Å². The fraction of sp³-hybridized carbons (Fsp3) is 0.0588. The molecule has 22 heavy (non-hydrogen) atoms. The number of aromatic amines is 1. The fourth-order valence-electron chi connectivity index (χ4n) is 3.11. The van der Waals surface area contributed by atoms with Crippen molar-refractivity contribution in [2.45, 2.75) is 6.42 Å². The second-order valence-corrected chi connectivity index (χ2v) is 5.73. The number of nitroso groups, excluding NO2 is 1. The zero-order valence-electron chi connectivity index (χ0n) is 11.4. The minimum Gasteiger partial charge on any atom is -0.494 e. The summed E-state index contributed by atoms with van der Waals surface area (Å²) in [6, 6.07) is 13.0. The molecular formula is C17H11ClN2O2. The van der Waals surface area contributed by atoms with E-state index in [1.807, 2.05) is 24.3 Å². The maximum atomic E-state index is 11.4. The Balaban J connectivity index is 2.02. The molecule has 0 unspecified atom stereocenters. The second-order valence-electron chi connectivity index (χ2n) is 5.29. The topological polar surface area (TPSA) is 65.4 Å². The highest BCUT2D eigenvalue weighted by atomic mass is 35.5. The Bertz CT molecular complexity index is 956. The fourth-order valence-corrected chi connectivity index (χ4v) is 3.28. The molecule has 108 valence electrons. The minimum absolute atomic E-state index is 0.0289. The van der Waals surface area contributed by atoms with Gasteiger partial charge in [-0.15, -0.1) is 4.91 Å². The third-order valence-corrected chi connectivity index (χ3v) is 4.29. The molecule has 0 aliphatic heterocycles. The van der Waals surface area contributed by atoms with Gasteiger partial charge in [-0.3, -0.25) is 0 Å². The number of benzene rings is 2. The Morgan fingerprint density at radius 3 is 2.82 bits per heavy atom. The first kappa shape index (κ1) is 13.1. The summed E-state index contributed by atoms with van der Waals surface area (Å²) >= 11 is 6.07. The molecule has 0 saturated heterocycles. The Morgan fingerprint density at radius 1 is 1.18 bits per heavy atom. The van der Waals surface area contributed by atoms with Gasteiger partial charge in [0.1, 0.15) is 5.70 Å². The molecule has 5 heteroatoms. The van der Waals surface area contributed by atoms with Gasteiger partial charge in [0.05, 0.1) is 0 Å².